The number of hydrogen-bond donors (Lipinski definition) is 3. The fraction of sp³-hybridized carbons (Fsp3) is 0.389. The maximum Gasteiger partial charge on any atom is 0.282 e. The topological polar surface area (TPSA) is 80.5 Å². The Hall–Kier alpha value is -2.74. The molecule has 0 saturated carbocycles. The van der Waals surface area contributed by atoms with Gasteiger partial charge in [0, 0.05) is 12.7 Å². The number of amides is 2. The Morgan fingerprint density at radius 3 is 2.58 bits per heavy atom. The molecule has 7 nitrogen and oxygen atoms in total. The zero-order valence-electron chi connectivity index (χ0n) is 15.7. The van der Waals surface area contributed by atoms with Gasteiger partial charge in [-0.05, 0) is 39.0 Å². The number of benzene rings is 1. The molecule has 0 radical (unpaired) electrons. The summed E-state index contributed by atoms with van der Waals surface area (Å²) < 4.78 is 14.9. The van der Waals surface area contributed by atoms with Crippen LogP contribution in [-0.2, 0) is 16.6 Å². The van der Waals surface area contributed by atoms with Crippen molar-refractivity contribution >= 4 is 23.2 Å². The van der Waals surface area contributed by atoms with Gasteiger partial charge in [0.2, 0.25) is 0 Å². The van der Waals surface area contributed by atoms with E-state index in [-0.39, 0.29) is 18.4 Å². The molecule has 0 saturated heterocycles. The van der Waals surface area contributed by atoms with E-state index < -0.39 is 11.9 Å². The van der Waals surface area contributed by atoms with Gasteiger partial charge in [0.25, 0.3) is 11.8 Å². The molecule has 140 valence electrons. The number of nitrogens with one attached hydrogen (secondary N) is 3. The molecule has 2 aromatic rings. The molecule has 0 aliphatic carbocycles. The van der Waals surface area contributed by atoms with Crippen LogP contribution in [0.5, 0.6) is 0 Å². The monoisotopic (exact) mass is 362 g/mol. The number of hydrogen-bond acceptors (Lipinski definition) is 3. The van der Waals surface area contributed by atoms with Gasteiger partial charge in [-0.25, -0.2) is 4.39 Å². The van der Waals surface area contributed by atoms with E-state index in [4.69, 9.17) is 0 Å². The van der Waals surface area contributed by atoms with Crippen molar-refractivity contribution in [2.45, 2.75) is 26.8 Å². The van der Waals surface area contributed by atoms with E-state index in [1.165, 1.54) is 18.2 Å². The van der Waals surface area contributed by atoms with Crippen molar-refractivity contribution < 1.29 is 18.9 Å². The number of quaternary nitrogens is 1. The van der Waals surface area contributed by atoms with Gasteiger partial charge in [-0.3, -0.25) is 14.3 Å². The third kappa shape index (κ3) is 4.66. The summed E-state index contributed by atoms with van der Waals surface area (Å²) in [6.45, 7) is 5.54. The van der Waals surface area contributed by atoms with Crippen LogP contribution in [0.25, 0.3) is 0 Å². The van der Waals surface area contributed by atoms with E-state index in [0.717, 1.165) is 16.3 Å². The fourth-order valence-electron chi connectivity index (χ4n) is 2.59. The van der Waals surface area contributed by atoms with Crippen molar-refractivity contribution in [2.24, 2.45) is 7.05 Å². The van der Waals surface area contributed by atoms with E-state index in [9.17, 15) is 14.0 Å². The molecule has 0 aliphatic rings. The highest BCUT2D eigenvalue weighted by Crippen LogP contribution is 2.18. The second kappa shape index (κ2) is 8.09. The molecule has 1 heterocycles. The fourth-order valence-corrected chi connectivity index (χ4v) is 2.59. The Bertz CT molecular complexity index is 818. The number of aromatic nitrogens is 2. The van der Waals surface area contributed by atoms with Gasteiger partial charge >= 0.3 is 0 Å². The standard InChI is InChI=1S/C18H24FN5O2/c1-11-17(12(2)24(5)22-11)21-18(26)13(3)23(4)10-16(25)20-15-8-6-7-14(19)9-15/h6-9,13H,10H2,1-5H3,(H,20,25)(H,21,26)/p+1/t13-/m0/s1. The minimum Gasteiger partial charge on any atom is -0.321 e. The molecule has 0 spiro atoms. The molecule has 2 amide bonds. The summed E-state index contributed by atoms with van der Waals surface area (Å²) in [7, 11) is 3.58. The second-order valence-electron chi connectivity index (χ2n) is 6.46. The lowest BCUT2D eigenvalue weighted by Gasteiger charge is -2.20. The molecule has 0 aliphatic heterocycles. The molecule has 1 aromatic heterocycles. The third-order valence-electron chi connectivity index (χ3n) is 4.44. The quantitative estimate of drug-likeness (QED) is 0.706. The first-order valence-electron chi connectivity index (χ1n) is 8.37. The number of anilines is 2. The average molecular weight is 362 g/mol. The first-order valence-corrected chi connectivity index (χ1v) is 8.37. The van der Waals surface area contributed by atoms with Crippen LogP contribution < -0.4 is 15.5 Å². The maximum atomic E-state index is 13.2. The first kappa shape index (κ1) is 19.6. The summed E-state index contributed by atoms with van der Waals surface area (Å²) in [6.07, 6.45) is 0. The summed E-state index contributed by atoms with van der Waals surface area (Å²) in [6, 6.07) is 5.24. The normalized spacial score (nSPS) is 13.2. The number of aryl methyl sites for hydroxylation is 2. The molecular formula is C18H25FN5O2+. The molecule has 8 heteroatoms. The van der Waals surface area contributed by atoms with Gasteiger partial charge in [0.1, 0.15) is 5.82 Å². The molecule has 0 fully saturated rings. The van der Waals surface area contributed by atoms with Crippen molar-refractivity contribution in [3.63, 3.8) is 0 Å². The molecule has 2 atom stereocenters. The van der Waals surface area contributed by atoms with Crippen molar-refractivity contribution in [3.05, 3.63) is 41.5 Å². The number of rotatable bonds is 6. The van der Waals surface area contributed by atoms with Crippen LogP contribution in [0, 0.1) is 19.7 Å². The van der Waals surface area contributed by atoms with Crippen LogP contribution in [0.15, 0.2) is 24.3 Å². The van der Waals surface area contributed by atoms with Gasteiger partial charge in [0.15, 0.2) is 12.6 Å². The minimum absolute atomic E-state index is 0.0795. The highest BCUT2D eigenvalue weighted by atomic mass is 19.1. The van der Waals surface area contributed by atoms with Gasteiger partial charge in [-0.15, -0.1) is 0 Å². The Morgan fingerprint density at radius 1 is 1.31 bits per heavy atom. The lowest BCUT2D eigenvalue weighted by molar-refractivity contribution is -0.885. The maximum absolute atomic E-state index is 13.2. The van der Waals surface area contributed by atoms with Crippen LogP contribution in [0.1, 0.15) is 18.3 Å². The van der Waals surface area contributed by atoms with Crippen LogP contribution in [0.2, 0.25) is 0 Å². The zero-order chi connectivity index (χ0) is 19.4. The van der Waals surface area contributed by atoms with Crippen LogP contribution in [-0.4, -0.2) is 41.2 Å². The number of carbonyl (C=O) groups is 2. The van der Waals surface area contributed by atoms with E-state index in [1.807, 2.05) is 20.9 Å². The van der Waals surface area contributed by atoms with Gasteiger partial charge in [-0.2, -0.15) is 5.10 Å². The molecule has 1 aromatic carbocycles. The van der Waals surface area contributed by atoms with Gasteiger partial charge < -0.3 is 15.5 Å². The van der Waals surface area contributed by atoms with Crippen molar-refractivity contribution in [2.75, 3.05) is 24.2 Å². The van der Waals surface area contributed by atoms with E-state index >= 15 is 0 Å². The highest BCUT2D eigenvalue weighted by molar-refractivity contribution is 5.95. The average Bonchev–Trinajstić information content (AvgIpc) is 2.80. The lowest BCUT2D eigenvalue weighted by atomic mass is 10.2. The highest BCUT2D eigenvalue weighted by Gasteiger charge is 2.25. The van der Waals surface area contributed by atoms with Crippen molar-refractivity contribution in [1.29, 1.82) is 0 Å². The second-order valence-corrected chi connectivity index (χ2v) is 6.46. The minimum atomic E-state index is -0.452. The predicted octanol–water partition coefficient (Wildman–Crippen LogP) is 0.656. The Balaban J connectivity index is 1.94. The summed E-state index contributed by atoms with van der Waals surface area (Å²) in [5.74, 6) is -0.903. The third-order valence-corrected chi connectivity index (χ3v) is 4.44. The Kier molecular flexibility index (Phi) is 6.10. The van der Waals surface area contributed by atoms with E-state index in [2.05, 4.69) is 15.7 Å². The van der Waals surface area contributed by atoms with Crippen molar-refractivity contribution in [3.8, 4) is 0 Å². The SMILES string of the molecule is Cc1nn(C)c(C)c1NC(=O)[C@H](C)[NH+](C)CC(=O)Nc1cccc(F)c1. The summed E-state index contributed by atoms with van der Waals surface area (Å²) in [5, 5.41) is 9.79. The van der Waals surface area contributed by atoms with E-state index in [1.54, 1.807) is 24.7 Å². The predicted molar refractivity (Wildman–Crippen MR) is 97.6 cm³/mol. The van der Waals surface area contributed by atoms with Crippen LogP contribution in [0.3, 0.4) is 0 Å². The zero-order valence-corrected chi connectivity index (χ0v) is 15.7. The molecule has 2 rings (SSSR count). The Morgan fingerprint density at radius 2 is 2.00 bits per heavy atom. The number of halogens is 1. The molecule has 3 N–H and O–H groups in total. The number of carbonyl (C=O) groups excluding carboxylic acids is 2. The smallest absolute Gasteiger partial charge is 0.282 e. The summed E-state index contributed by atoms with van der Waals surface area (Å²) in [5.41, 5.74) is 2.69. The Labute approximate surface area is 152 Å². The summed E-state index contributed by atoms with van der Waals surface area (Å²) >= 11 is 0. The summed E-state index contributed by atoms with van der Waals surface area (Å²) in [4.78, 5) is 25.4. The molecular weight excluding hydrogens is 337 g/mol. The largest absolute Gasteiger partial charge is 0.321 e. The number of likely N-dealkylation sites (N-methyl/N-ethyl adjacent to an activating group) is 1. The molecule has 0 bridgehead atoms. The first-order chi connectivity index (χ1) is 12.2. The van der Waals surface area contributed by atoms with Gasteiger partial charge in [-0.1, -0.05) is 6.07 Å². The molecule has 26 heavy (non-hydrogen) atoms. The van der Waals surface area contributed by atoms with Crippen molar-refractivity contribution in [1.82, 2.24) is 9.78 Å². The van der Waals surface area contributed by atoms with E-state index in [0.29, 0.717) is 11.4 Å². The number of nitrogens with zero attached hydrogens (tertiary/aromatic N) is 2. The lowest BCUT2D eigenvalue weighted by Crippen LogP contribution is -3.14. The van der Waals surface area contributed by atoms with Gasteiger partial charge in [0.05, 0.1) is 24.1 Å². The van der Waals surface area contributed by atoms with Crippen LogP contribution in [0.4, 0.5) is 15.8 Å². The molecule has 1 unspecified atom stereocenters. The van der Waals surface area contributed by atoms with Crippen LogP contribution >= 0.6 is 0 Å².